The number of rotatable bonds is 4. The van der Waals surface area contributed by atoms with Gasteiger partial charge in [0.05, 0.1) is 11.4 Å². The van der Waals surface area contributed by atoms with Crippen LogP contribution in [0.15, 0.2) is 39.9 Å². The number of amides is 1. The summed E-state index contributed by atoms with van der Waals surface area (Å²) in [5, 5.41) is 4.44. The summed E-state index contributed by atoms with van der Waals surface area (Å²) < 4.78 is 5.94. The number of hydrazine groups is 1. The second-order valence-electron chi connectivity index (χ2n) is 7.35. The van der Waals surface area contributed by atoms with Crippen LogP contribution in [0.2, 0.25) is 0 Å². The number of anilines is 1. The predicted molar refractivity (Wildman–Crippen MR) is 110 cm³/mol. The van der Waals surface area contributed by atoms with Gasteiger partial charge < -0.3 is 10.2 Å². The molecule has 0 radical (unpaired) electrons. The normalized spacial score (nSPS) is 16.5. The van der Waals surface area contributed by atoms with E-state index >= 15 is 0 Å². The molecular formula is C19H23N5O2S. The largest absolute Gasteiger partial charge is 0.455 e. The number of para-hydroxylation sites is 1. The molecule has 0 bridgehead atoms. The molecule has 0 saturated carbocycles. The van der Waals surface area contributed by atoms with E-state index in [4.69, 9.17) is 22.4 Å². The second kappa shape index (κ2) is 7.40. The van der Waals surface area contributed by atoms with Crippen LogP contribution in [0, 0.1) is 12.3 Å². The Balaban J connectivity index is 1.88. The van der Waals surface area contributed by atoms with Gasteiger partial charge in [-0.05, 0) is 43.1 Å². The molecule has 0 unspecified atom stereocenters. The Kier molecular flexibility index (Phi) is 5.18. The molecular weight excluding hydrogens is 362 g/mol. The number of carbonyl (C=O) groups excluding carboxylic acids is 1. The van der Waals surface area contributed by atoms with Crippen molar-refractivity contribution in [3.05, 3.63) is 53.0 Å². The van der Waals surface area contributed by atoms with Crippen molar-refractivity contribution >= 4 is 34.6 Å². The van der Waals surface area contributed by atoms with Crippen LogP contribution in [0.4, 0.5) is 5.69 Å². The van der Waals surface area contributed by atoms with Gasteiger partial charge in [-0.2, -0.15) is 5.10 Å². The van der Waals surface area contributed by atoms with Gasteiger partial charge in [-0.3, -0.25) is 21.1 Å². The third-order valence-electron chi connectivity index (χ3n) is 4.39. The standard InChI is InChI=1S/C19H23N5O2S/c1-11-15-13(22-24-18(20)27)9-19(2,3)10-14(15)26-16(11)17(25)23-21-12-7-5-4-6-8-12/h4-8,21H,9-10H2,1-3H3,(H,23,25)(H3,20,24,27)/b22-13-. The van der Waals surface area contributed by atoms with Crippen LogP contribution in [-0.2, 0) is 6.42 Å². The van der Waals surface area contributed by atoms with Gasteiger partial charge in [-0.1, -0.05) is 32.0 Å². The maximum atomic E-state index is 12.6. The van der Waals surface area contributed by atoms with Crippen molar-refractivity contribution in [1.82, 2.24) is 10.9 Å². The highest BCUT2D eigenvalue weighted by atomic mass is 32.1. The summed E-state index contributed by atoms with van der Waals surface area (Å²) in [6, 6.07) is 9.38. The lowest BCUT2D eigenvalue weighted by atomic mass is 9.75. The van der Waals surface area contributed by atoms with Crippen LogP contribution in [0.1, 0.15) is 47.7 Å². The van der Waals surface area contributed by atoms with Crippen LogP contribution < -0.4 is 22.0 Å². The van der Waals surface area contributed by atoms with Gasteiger partial charge >= 0.3 is 5.91 Å². The third kappa shape index (κ3) is 4.28. The number of nitrogens with two attached hydrogens (primary N) is 1. The van der Waals surface area contributed by atoms with Crippen molar-refractivity contribution in [3.63, 3.8) is 0 Å². The minimum absolute atomic E-state index is 0.0515. The van der Waals surface area contributed by atoms with Crippen molar-refractivity contribution in [3.8, 4) is 0 Å². The van der Waals surface area contributed by atoms with Crippen molar-refractivity contribution < 1.29 is 9.21 Å². The Hall–Kier alpha value is -2.87. The van der Waals surface area contributed by atoms with Gasteiger partial charge in [0.1, 0.15) is 5.76 Å². The molecule has 2 aromatic rings. The average molecular weight is 385 g/mol. The molecule has 27 heavy (non-hydrogen) atoms. The molecule has 0 aliphatic heterocycles. The minimum atomic E-state index is -0.342. The fourth-order valence-corrected chi connectivity index (χ4v) is 3.30. The summed E-state index contributed by atoms with van der Waals surface area (Å²) >= 11 is 4.84. The van der Waals surface area contributed by atoms with E-state index in [0.29, 0.717) is 6.42 Å². The molecule has 1 aliphatic rings. The number of hydrogen-bond donors (Lipinski definition) is 4. The molecule has 0 saturated heterocycles. The Morgan fingerprint density at radius 3 is 2.63 bits per heavy atom. The third-order valence-corrected chi connectivity index (χ3v) is 4.49. The topological polar surface area (TPSA) is 105 Å². The second-order valence-corrected chi connectivity index (χ2v) is 7.79. The first kappa shape index (κ1) is 18.9. The molecule has 1 aromatic heterocycles. The zero-order chi connectivity index (χ0) is 19.6. The number of hydrogen-bond acceptors (Lipinski definition) is 5. The minimum Gasteiger partial charge on any atom is -0.455 e. The molecule has 8 heteroatoms. The zero-order valence-electron chi connectivity index (χ0n) is 15.6. The fourth-order valence-electron chi connectivity index (χ4n) is 3.26. The first-order valence-corrected chi connectivity index (χ1v) is 9.04. The van der Waals surface area contributed by atoms with Crippen LogP contribution in [0.5, 0.6) is 0 Å². The maximum absolute atomic E-state index is 12.6. The number of carbonyl (C=O) groups is 1. The van der Waals surface area contributed by atoms with E-state index in [1.165, 1.54) is 0 Å². The van der Waals surface area contributed by atoms with Crippen molar-refractivity contribution in [2.24, 2.45) is 16.3 Å². The maximum Gasteiger partial charge on any atom is 0.305 e. The Bertz CT molecular complexity index is 902. The molecule has 0 spiro atoms. The zero-order valence-corrected chi connectivity index (χ0v) is 16.4. The SMILES string of the molecule is Cc1c(C(=O)NNc2ccccc2)oc2c1/C(=N\NC(N)=S)CC(C)(C)C2. The summed E-state index contributed by atoms with van der Waals surface area (Å²) in [5.74, 6) is 0.673. The first-order chi connectivity index (χ1) is 12.8. The lowest BCUT2D eigenvalue weighted by Gasteiger charge is -2.29. The van der Waals surface area contributed by atoms with Gasteiger partial charge in [0, 0.05) is 17.5 Å². The van der Waals surface area contributed by atoms with Gasteiger partial charge in [0.25, 0.3) is 0 Å². The molecule has 1 heterocycles. The first-order valence-electron chi connectivity index (χ1n) is 8.63. The molecule has 142 valence electrons. The van der Waals surface area contributed by atoms with Crippen molar-refractivity contribution in [2.75, 3.05) is 5.43 Å². The van der Waals surface area contributed by atoms with E-state index in [9.17, 15) is 4.79 Å². The molecule has 0 fully saturated rings. The van der Waals surface area contributed by atoms with Crippen LogP contribution in [0.25, 0.3) is 0 Å². The number of benzene rings is 1. The number of nitrogens with zero attached hydrogens (tertiary/aromatic N) is 1. The molecule has 5 N–H and O–H groups in total. The Morgan fingerprint density at radius 1 is 1.26 bits per heavy atom. The van der Waals surface area contributed by atoms with Crippen molar-refractivity contribution in [2.45, 2.75) is 33.6 Å². The van der Waals surface area contributed by atoms with E-state index in [1.54, 1.807) is 0 Å². The van der Waals surface area contributed by atoms with Gasteiger partial charge in [0.2, 0.25) is 0 Å². The molecule has 1 aromatic carbocycles. The number of hydrazone groups is 1. The highest BCUT2D eigenvalue weighted by molar-refractivity contribution is 7.80. The fraction of sp³-hybridized carbons (Fsp3) is 0.316. The van der Waals surface area contributed by atoms with Crippen LogP contribution in [-0.4, -0.2) is 16.7 Å². The van der Waals surface area contributed by atoms with Gasteiger partial charge in [-0.25, -0.2) is 0 Å². The van der Waals surface area contributed by atoms with Crippen molar-refractivity contribution in [1.29, 1.82) is 0 Å². The average Bonchev–Trinajstić information content (AvgIpc) is 2.93. The molecule has 7 nitrogen and oxygen atoms in total. The highest BCUT2D eigenvalue weighted by Crippen LogP contribution is 2.38. The summed E-state index contributed by atoms with van der Waals surface area (Å²) in [5.41, 5.74) is 16.8. The lowest BCUT2D eigenvalue weighted by molar-refractivity contribution is 0.0931. The van der Waals surface area contributed by atoms with Crippen LogP contribution >= 0.6 is 12.2 Å². The van der Waals surface area contributed by atoms with Gasteiger partial charge in [0.15, 0.2) is 10.9 Å². The molecule has 1 aliphatic carbocycles. The summed E-state index contributed by atoms with van der Waals surface area (Å²) in [4.78, 5) is 12.6. The van der Waals surface area contributed by atoms with Crippen LogP contribution in [0.3, 0.4) is 0 Å². The number of thiocarbonyl (C=S) groups is 1. The number of furan rings is 1. The van der Waals surface area contributed by atoms with Gasteiger partial charge in [-0.15, -0.1) is 0 Å². The monoisotopic (exact) mass is 385 g/mol. The molecule has 0 atom stereocenters. The quantitative estimate of drug-likeness (QED) is 0.476. The number of nitrogens with one attached hydrogen (secondary N) is 3. The van der Waals surface area contributed by atoms with E-state index in [0.717, 1.165) is 34.7 Å². The van der Waals surface area contributed by atoms with E-state index in [2.05, 4.69) is 35.2 Å². The highest BCUT2D eigenvalue weighted by Gasteiger charge is 2.36. The Morgan fingerprint density at radius 2 is 1.96 bits per heavy atom. The summed E-state index contributed by atoms with van der Waals surface area (Å²) in [6.45, 7) is 6.11. The van der Waals surface area contributed by atoms with E-state index in [-0.39, 0.29) is 22.2 Å². The number of fused-ring (bicyclic) bond motifs is 1. The predicted octanol–water partition coefficient (Wildman–Crippen LogP) is 2.85. The lowest BCUT2D eigenvalue weighted by Crippen LogP contribution is -2.31. The van der Waals surface area contributed by atoms with E-state index in [1.807, 2.05) is 37.3 Å². The summed E-state index contributed by atoms with van der Waals surface area (Å²) in [6.07, 6.45) is 1.44. The molecule has 3 rings (SSSR count). The molecule has 1 amide bonds. The smallest absolute Gasteiger partial charge is 0.305 e. The Labute approximate surface area is 163 Å². The van der Waals surface area contributed by atoms with E-state index < -0.39 is 0 Å². The summed E-state index contributed by atoms with van der Waals surface area (Å²) in [7, 11) is 0.